The maximum Gasteiger partial charge on any atom is 0.275 e. The number of hydrogen-bond acceptors (Lipinski definition) is 9. The normalized spacial score (nSPS) is 13.4. The SMILES string of the molecule is CC1=C(Nc2nc(-c3cccs3)nc3sc(-c4ccc(OCCN(C)C(C)C)cc4)c(C)c23)C(=O)NC1=O.Cl. The van der Waals surface area contributed by atoms with Crippen LogP contribution in [0.1, 0.15) is 26.3 Å². The molecule has 0 aliphatic carbocycles. The van der Waals surface area contributed by atoms with Gasteiger partial charge in [0.05, 0.1) is 10.3 Å². The van der Waals surface area contributed by atoms with Gasteiger partial charge < -0.3 is 15.0 Å². The van der Waals surface area contributed by atoms with Crippen LogP contribution in [0, 0.1) is 6.92 Å². The fourth-order valence-electron chi connectivity index (χ4n) is 4.10. The highest BCUT2D eigenvalue weighted by Gasteiger charge is 2.29. The van der Waals surface area contributed by atoms with Crippen LogP contribution >= 0.6 is 35.1 Å². The molecule has 11 heteroatoms. The number of halogens is 1. The number of aromatic nitrogens is 2. The van der Waals surface area contributed by atoms with Gasteiger partial charge in [-0.05, 0) is 81.6 Å². The van der Waals surface area contributed by atoms with E-state index in [0.717, 1.165) is 43.4 Å². The number of aryl methyl sites for hydroxylation is 1. The van der Waals surface area contributed by atoms with Gasteiger partial charge in [-0.3, -0.25) is 14.9 Å². The number of ether oxygens (including phenoxy) is 1. The van der Waals surface area contributed by atoms with Crippen molar-refractivity contribution in [3.05, 3.63) is 58.6 Å². The molecule has 1 aliphatic rings. The molecule has 0 bridgehead atoms. The Morgan fingerprint density at radius 2 is 1.82 bits per heavy atom. The summed E-state index contributed by atoms with van der Waals surface area (Å²) in [6.45, 7) is 9.46. The van der Waals surface area contributed by atoms with Crippen molar-refractivity contribution >= 4 is 62.9 Å². The van der Waals surface area contributed by atoms with Crippen molar-refractivity contribution in [3.8, 4) is 26.9 Å². The maximum absolute atomic E-state index is 12.4. The van der Waals surface area contributed by atoms with E-state index in [1.807, 2.05) is 36.6 Å². The number of benzene rings is 1. The second-order valence-electron chi connectivity index (χ2n) is 9.46. The predicted octanol–water partition coefficient (Wildman–Crippen LogP) is 5.88. The number of imide groups is 1. The average molecular weight is 584 g/mol. The molecule has 0 fully saturated rings. The Hall–Kier alpha value is -3.31. The predicted molar refractivity (Wildman–Crippen MR) is 161 cm³/mol. The van der Waals surface area contributed by atoms with Crippen LogP contribution in [0.15, 0.2) is 53.0 Å². The lowest BCUT2D eigenvalue weighted by molar-refractivity contribution is -0.124. The molecule has 1 aromatic carbocycles. The number of amides is 2. The number of hydrogen-bond donors (Lipinski definition) is 2. The van der Waals surface area contributed by atoms with Crippen LogP contribution in [0.4, 0.5) is 5.82 Å². The van der Waals surface area contributed by atoms with Gasteiger partial charge in [0, 0.05) is 23.0 Å². The number of rotatable bonds is 9. The van der Waals surface area contributed by atoms with E-state index >= 15 is 0 Å². The van der Waals surface area contributed by atoms with E-state index < -0.39 is 11.8 Å². The standard InChI is InChI=1S/C28H29N5O3S2.ClH/c1-15(2)33(5)12-13-36-19-10-8-18(9-11-19)23-16(3)21-25(29-22-17(4)26(34)32-27(22)35)30-24(31-28(21)38-23)20-7-6-14-37-20;/h6-11,14-15H,12-13H2,1-5H3,(H2,29,30,31,32,34,35);1H. The first-order chi connectivity index (χ1) is 18.2. The van der Waals surface area contributed by atoms with E-state index in [2.05, 4.69) is 48.6 Å². The number of carbonyl (C=O) groups is 2. The molecule has 39 heavy (non-hydrogen) atoms. The second-order valence-corrected chi connectivity index (χ2v) is 11.4. The zero-order chi connectivity index (χ0) is 27.0. The van der Waals surface area contributed by atoms with Crippen LogP contribution in [0.5, 0.6) is 5.75 Å². The maximum atomic E-state index is 12.4. The zero-order valence-corrected chi connectivity index (χ0v) is 24.8. The van der Waals surface area contributed by atoms with Gasteiger partial charge in [0.2, 0.25) is 0 Å². The van der Waals surface area contributed by atoms with E-state index in [1.54, 1.807) is 29.6 Å². The molecular formula is C28H30ClN5O3S2. The monoisotopic (exact) mass is 583 g/mol. The quantitative estimate of drug-likeness (QED) is 0.238. The van der Waals surface area contributed by atoms with Crippen molar-refractivity contribution in [2.45, 2.75) is 33.7 Å². The second kappa shape index (κ2) is 11.8. The summed E-state index contributed by atoms with van der Waals surface area (Å²) >= 11 is 3.12. The number of nitrogens with one attached hydrogen (secondary N) is 2. The Morgan fingerprint density at radius 1 is 1.08 bits per heavy atom. The van der Waals surface area contributed by atoms with Gasteiger partial charge in [-0.1, -0.05) is 6.07 Å². The van der Waals surface area contributed by atoms with Crippen molar-refractivity contribution in [2.24, 2.45) is 0 Å². The Kier molecular flexibility index (Phi) is 8.70. The Bertz CT molecular complexity index is 1550. The lowest BCUT2D eigenvalue weighted by atomic mass is 10.1. The molecule has 8 nitrogen and oxygen atoms in total. The number of nitrogens with zero attached hydrogens (tertiary/aromatic N) is 3. The Labute approximate surface area is 241 Å². The van der Waals surface area contributed by atoms with Crippen molar-refractivity contribution in [3.63, 3.8) is 0 Å². The third kappa shape index (κ3) is 5.84. The molecule has 0 saturated carbocycles. The van der Waals surface area contributed by atoms with Crippen LogP contribution in [-0.4, -0.2) is 52.9 Å². The highest BCUT2D eigenvalue weighted by atomic mass is 35.5. The van der Waals surface area contributed by atoms with Gasteiger partial charge in [0.15, 0.2) is 5.82 Å². The van der Waals surface area contributed by atoms with Crippen molar-refractivity contribution < 1.29 is 14.3 Å². The van der Waals surface area contributed by atoms with E-state index in [1.165, 1.54) is 0 Å². The van der Waals surface area contributed by atoms with E-state index in [-0.39, 0.29) is 18.1 Å². The first-order valence-electron chi connectivity index (χ1n) is 12.3. The van der Waals surface area contributed by atoms with Crippen molar-refractivity contribution in [2.75, 3.05) is 25.5 Å². The topological polar surface area (TPSA) is 96.5 Å². The summed E-state index contributed by atoms with van der Waals surface area (Å²) in [7, 11) is 2.09. The molecule has 1 aliphatic heterocycles. The molecule has 2 amide bonds. The number of fused-ring (bicyclic) bond motifs is 1. The molecule has 5 rings (SSSR count). The Balaban J connectivity index is 0.00000353. The Morgan fingerprint density at radius 3 is 2.44 bits per heavy atom. The van der Waals surface area contributed by atoms with Gasteiger partial charge in [-0.25, -0.2) is 9.97 Å². The van der Waals surface area contributed by atoms with Gasteiger partial charge >= 0.3 is 0 Å². The van der Waals surface area contributed by atoms with Crippen molar-refractivity contribution in [1.82, 2.24) is 20.2 Å². The lowest BCUT2D eigenvalue weighted by Crippen LogP contribution is -2.30. The fraction of sp³-hybridized carbons (Fsp3) is 0.286. The van der Waals surface area contributed by atoms with Gasteiger partial charge in [-0.2, -0.15) is 0 Å². The molecule has 0 radical (unpaired) electrons. The third-order valence-electron chi connectivity index (χ3n) is 6.66. The minimum Gasteiger partial charge on any atom is -0.492 e. The highest BCUT2D eigenvalue weighted by molar-refractivity contribution is 7.22. The van der Waals surface area contributed by atoms with Crippen molar-refractivity contribution in [1.29, 1.82) is 0 Å². The highest BCUT2D eigenvalue weighted by Crippen LogP contribution is 2.42. The minimum absolute atomic E-state index is 0. The first-order valence-corrected chi connectivity index (χ1v) is 14.0. The smallest absolute Gasteiger partial charge is 0.275 e. The summed E-state index contributed by atoms with van der Waals surface area (Å²) in [6.07, 6.45) is 0. The fourth-order valence-corrected chi connectivity index (χ4v) is 5.94. The number of anilines is 1. The van der Waals surface area contributed by atoms with Gasteiger partial charge in [0.25, 0.3) is 11.8 Å². The van der Waals surface area contributed by atoms with E-state index in [9.17, 15) is 9.59 Å². The average Bonchev–Trinajstić information content (AvgIpc) is 3.60. The minimum atomic E-state index is -0.458. The number of thiophene rings is 2. The lowest BCUT2D eigenvalue weighted by Gasteiger charge is -2.20. The summed E-state index contributed by atoms with van der Waals surface area (Å²) < 4.78 is 5.95. The molecule has 0 spiro atoms. The molecule has 204 valence electrons. The summed E-state index contributed by atoms with van der Waals surface area (Å²) in [5.41, 5.74) is 2.59. The molecule has 0 saturated heterocycles. The van der Waals surface area contributed by atoms with E-state index in [0.29, 0.717) is 29.9 Å². The summed E-state index contributed by atoms with van der Waals surface area (Å²) in [5.74, 6) is 1.04. The summed E-state index contributed by atoms with van der Waals surface area (Å²) in [4.78, 5) is 39.2. The number of likely N-dealkylation sites (N-methyl/N-ethyl adjacent to an activating group) is 1. The van der Waals surface area contributed by atoms with Crippen LogP contribution < -0.4 is 15.4 Å². The molecule has 2 N–H and O–H groups in total. The molecule has 0 atom stereocenters. The number of carbonyl (C=O) groups excluding carboxylic acids is 2. The van der Waals surface area contributed by atoms with E-state index in [4.69, 9.17) is 14.7 Å². The van der Waals surface area contributed by atoms with Crippen LogP contribution in [0.3, 0.4) is 0 Å². The molecule has 3 aromatic heterocycles. The summed E-state index contributed by atoms with van der Waals surface area (Å²) in [5, 5.41) is 8.29. The molecule has 4 aromatic rings. The van der Waals surface area contributed by atoms with Crippen LogP contribution in [0.25, 0.3) is 31.4 Å². The largest absolute Gasteiger partial charge is 0.492 e. The van der Waals surface area contributed by atoms with Crippen LogP contribution in [-0.2, 0) is 9.59 Å². The molecule has 0 unspecified atom stereocenters. The van der Waals surface area contributed by atoms with Gasteiger partial charge in [0.1, 0.15) is 28.7 Å². The molecule has 4 heterocycles. The third-order valence-corrected chi connectivity index (χ3v) is 8.76. The first kappa shape index (κ1) is 28.7. The summed E-state index contributed by atoms with van der Waals surface area (Å²) in [6, 6.07) is 12.5. The zero-order valence-electron chi connectivity index (χ0n) is 22.3. The van der Waals surface area contributed by atoms with Gasteiger partial charge in [-0.15, -0.1) is 35.1 Å². The van der Waals surface area contributed by atoms with Crippen LogP contribution in [0.2, 0.25) is 0 Å². The molecular weight excluding hydrogens is 554 g/mol.